The molecule has 2 fully saturated rings. The smallest absolute Gasteiger partial charge is 0.243 e. The number of sulfonamides is 1. The van der Waals surface area contributed by atoms with Gasteiger partial charge >= 0.3 is 0 Å². The van der Waals surface area contributed by atoms with Gasteiger partial charge in [-0.1, -0.05) is 18.2 Å². The van der Waals surface area contributed by atoms with Crippen molar-refractivity contribution in [3.63, 3.8) is 0 Å². The predicted octanol–water partition coefficient (Wildman–Crippen LogP) is 2.67. The number of carbonyl (C=O) groups is 2. The summed E-state index contributed by atoms with van der Waals surface area (Å²) in [4.78, 5) is 32.0. The van der Waals surface area contributed by atoms with Crippen LogP contribution in [0.15, 0.2) is 53.6 Å². The third-order valence-electron chi connectivity index (χ3n) is 6.46. The van der Waals surface area contributed by atoms with Crippen molar-refractivity contribution < 1.29 is 18.0 Å². The number of piperidine rings is 2. The first kappa shape index (κ1) is 23.4. The topological polar surface area (TPSA) is 99.7 Å². The monoisotopic (exact) mass is 470 g/mol. The lowest BCUT2D eigenvalue weighted by atomic mass is 9.93. The molecule has 1 aromatic heterocycles. The molecule has 2 saturated heterocycles. The van der Waals surface area contributed by atoms with Gasteiger partial charge in [0, 0.05) is 38.3 Å². The molecule has 0 aliphatic carbocycles. The Morgan fingerprint density at radius 1 is 1.00 bits per heavy atom. The second-order valence-electron chi connectivity index (χ2n) is 8.82. The zero-order valence-electron chi connectivity index (χ0n) is 18.8. The van der Waals surface area contributed by atoms with E-state index in [9.17, 15) is 18.0 Å². The normalized spacial score (nSPS) is 20.4. The van der Waals surface area contributed by atoms with E-state index in [1.54, 1.807) is 41.4 Å². The Morgan fingerprint density at radius 2 is 1.73 bits per heavy atom. The highest BCUT2D eigenvalue weighted by Gasteiger charge is 2.36. The van der Waals surface area contributed by atoms with Gasteiger partial charge in [0.25, 0.3) is 0 Å². The first-order valence-electron chi connectivity index (χ1n) is 11.4. The first-order valence-corrected chi connectivity index (χ1v) is 12.9. The van der Waals surface area contributed by atoms with E-state index in [1.165, 1.54) is 4.31 Å². The lowest BCUT2D eigenvalue weighted by molar-refractivity contribution is -0.139. The van der Waals surface area contributed by atoms with Crippen LogP contribution in [-0.4, -0.2) is 60.6 Å². The Bertz CT molecular complexity index is 1100. The highest BCUT2D eigenvalue weighted by molar-refractivity contribution is 7.89. The van der Waals surface area contributed by atoms with Crippen molar-refractivity contribution in [2.75, 3.05) is 31.5 Å². The number of benzene rings is 1. The van der Waals surface area contributed by atoms with Crippen LogP contribution in [0, 0.1) is 18.8 Å². The summed E-state index contributed by atoms with van der Waals surface area (Å²) in [6.07, 6.45) is 4.17. The third kappa shape index (κ3) is 5.42. The molecule has 0 spiro atoms. The van der Waals surface area contributed by atoms with Crippen LogP contribution >= 0.6 is 0 Å². The lowest BCUT2D eigenvalue weighted by Crippen LogP contribution is -2.49. The largest absolute Gasteiger partial charge is 0.342 e. The van der Waals surface area contributed by atoms with Gasteiger partial charge in [0.1, 0.15) is 5.82 Å². The van der Waals surface area contributed by atoms with Gasteiger partial charge in [0.15, 0.2) is 0 Å². The van der Waals surface area contributed by atoms with Crippen LogP contribution in [0.5, 0.6) is 0 Å². The Morgan fingerprint density at radius 3 is 2.42 bits per heavy atom. The fourth-order valence-corrected chi connectivity index (χ4v) is 6.10. The van der Waals surface area contributed by atoms with Gasteiger partial charge in [-0.2, -0.15) is 4.31 Å². The van der Waals surface area contributed by atoms with Crippen molar-refractivity contribution in [3.8, 4) is 0 Å². The maximum absolute atomic E-state index is 13.2. The van der Waals surface area contributed by atoms with Gasteiger partial charge in [0.05, 0.1) is 10.8 Å². The molecule has 1 atom stereocenters. The Balaban J connectivity index is 1.32. The van der Waals surface area contributed by atoms with Crippen molar-refractivity contribution in [1.29, 1.82) is 0 Å². The number of aryl methyl sites for hydroxylation is 1. The van der Waals surface area contributed by atoms with Gasteiger partial charge in [-0.15, -0.1) is 0 Å². The van der Waals surface area contributed by atoms with Crippen LogP contribution in [0.2, 0.25) is 0 Å². The van der Waals surface area contributed by atoms with Crippen molar-refractivity contribution in [3.05, 3.63) is 54.2 Å². The summed E-state index contributed by atoms with van der Waals surface area (Å²) in [5.41, 5.74) is 1.02. The van der Waals surface area contributed by atoms with E-state index in [-0.39, 0.29) is 35.1 Å². The molecule has 176 valence electrons. The molecule has 4 rings (SSSR count). The Labute approximate surface area is 195 Å². The number of anilines is 1. The molecule has 0 bridgehead atoms. The molecular weight excluding hydrogens is 440 g/mol. The average molecular weight is 471 g/mol. The summed E-state index contributed by atoms with van der Waals surface area (Å²) in [5, 5.41) is 2.87. The van der Waals surface area contributed by atoms with E-state index in [2.05, 4.69) is 10.3 Å². The third-order valence-corrected chi connectivity index (χ3v) is 8.34. The minimum Gasteiger partial charge on any atom is -0.342 e. The number of pyridine rings is 1. The van der Waals surface area contributed by atoms with Crippen molar-refractivity contribution in [1.82, 2.24) is 14.2 Å². The van der Waals surface area contributed by atoms with Crippen LogP contribution in [0.25, 0.3) is 0 Å². The average Bonchev–Trinajstić information content (AvgIpc) is 2.84. The molecule has 2 aliphatic heterocycles. The molecule has 2 aliphatic rings. The molecule has 1 aromatic carbocycles. The highest BCUT2D eigenvalue weighted by Crippen LogP contribution is 2.27. The number of likely N-dealkylation sites (tertiary alicyclic amines) is 1. The number of hydrogen-bond donors (Lipinski definition) is 1. The van der Waals surface area contributed by atoms with Gasteiger partial charge < -0.3 is 10.2 Å². The van der Waals surface area contributed by atoms with Crippen LogP contribution in [0.4, 0.5) is 5.82 Å². The number of nitrogens with zero attached hydrogens (tertiary/aromatic N) is 3. The molecule has 9 heteroatoms. The number of hydrogen-bond acceptors (Lipinski definition) is 5. The Hall–Kier alpha value is -2.78. The molecule has 0 saturated carbocycles. The summed E-state index contributed by atoms with van der Waals surface area (Å²) >= 11 is 0. The summed E-state index contributed by atoms with van der Waals surface area (Å²) in [6.45, 7) is 3.57. The summed E-state index contributed by atoms with van der Waals surface area (Å²) in [7, 11) is -3.61. The van der Waals surface area contributed by atoms with E-state index in [4.69, 9.17) is 0 Å². The number of carbonyl (C=O) groups excluding carboxylic acids is 2. The lowest BCUT2D eigenvalue weighted by Gasteiger charge is -2.37. The zero-order valence-corrected chi connectivity index (χ0v) is 19.6. The summed E-state index contributed by atoms with van der Waals surface area (Å²) < 4.78 is 27.4. The number of amides is 2. The minimum absolute atomic E-state index is 0.0119. The van der Waals surface area contributed by atoms with Crippen LogP contribution in [0.1, 0.15) is 31.2 Å². The van der Waals surface area contributed by atoms with Crippen LogP contribution in [-0.2, 0) is 19.6 Å². The Kier molecular flexibility index (Phi) is 7.09. The predicted molar refractivity (Wildman–Crippen MR) is 125 cm³/mol. The van der Waals surface area contributed by atoms with Crippen LogP contribution in [0.3, 0.4) is 0 Å². The zero-order chi connectivity index (χ0) is 23.4. The highest BCUT2D eigenvalue weighted by atomic mass is 32.2. The maximum Gasteiger partial charge on any atom is 0.243 e. The van der Waals surface area contributed by atoms with E-state index < -0.39 is 10.0 Å². The van der Waals surface area contributed by atoms with E-state index in [1.807, 2.05) is 19.1 Å². The molecule has 0 radical (unpaired) electrons. The quantitative estimate of drug-likeness (QED) is 0.724. The summed E-state index contributed by atoms with van der Waals surface area (Å²) in [6, 6.07) is 12.1. The fourth-order valence-electron chi connectivity index (χ4n) is 4.56. The molecule has 8 nitrogen and oxygen atoms in total. The minimum atomic E-state index is -3.61. The standard InChI is InChI=1S/C24H30N4O4S/c1-18-9-12-25-22(16-18)26-23(29)19-10-14-27(15-11-19)24(30)20-6-5-13-28(17-20)33(31,32)21-7-3-2-4-8-21/h2-4,7-9,12,16,19-20H,5-6,10-11,13-15,17H2,1H3,(H,25,26,29). The van der Waals surface area contributed by atoms with Crippen LogP contribution < -0.4 is 5.32 Å². The first-order chi connectivity index (χ1) is 15.8. The number of aromatic nitrogens is 1. The van der Waals surface area contributed by atoms with E-state index in [0.29, 0.717) is 51.1 Å². The molecule has 1 N–H and O–H groups in total. The van der Waals surface area contributed by atoms with Gasteiger partial charge in [-0.3, -0.25) is 9.59 Å². The molecule has 2 amide bonds. The molecule has 3 heterocycles. The molecule has 33 heavy (non-hydrogen) atoms. The summed E-state index contributed by atoms with van der Waals surface area (Å²) in [5.74, 6) is -0.0580. The molecule has 2 aromatic rings. The van der Waals surface area contributed by atoms with Crippen molar-refractivity contribution >= 4 is 27.7 Å². The SMILES string of the molecule is Cc1ccnc(NC(=O)C2CCN(C(=O)C3CCCN(S(=O)(=O)c4ccccc4)C3)CC2)c1. The second kappa shape index (κ2) is 10.0. The van der Waals surface area contributed by atoms with Crippen molar-refractivity contribution in [2.24, 2.45) is 11.8 Å². The second-order valence-corrected chi connectivity index (χ2v) is 10.8. The van der Waals surface area contributed by atoms with E-state index in [0.717, 1.165) is 5.56 Å². The number of rotatable bonds is 5. The number of nitrogens with one attached hydrogen (secondary N) is 1. The molecular formula is C24H30N4O4S. The van der Waals surface area contributed by atoms with Gasteiger partial charge in [-0.25, -0.2) is 13.4 Å². The molecule has 1 unspecified atom stereocenters. The maximum atomic E-state index is 13.2. The van der Waals surface area contributed by atoms with Gasteiger partial charge in [0.2, 0.25) is 21.8 Å². The van der Waals surface area contributed by atoms with Gasteiger partial charge in [-0.05, 0) is 62.4 Å². The fraction of sp³-hybridized carbons (Fsp3) is 0.458. The van der Waals surface area contributed by atoms with Crippen molar-refractivity contribution in [2.45, 2.75) is 37.5 Å². The van der Waals surface area contributed by atoms with E-state index >= 15 is 0 Å².